The molecule has 33 heavy (non-hydrogen) atoms. The summed E-state index contributed by atoms with van der Waals surface area (Å²) in [6.07, 6.45) is 3.41. The average molecular weight is 452 g/mol. The molecule has 0 spiro atoms. The van der Waals surface area contributed by atoms with Gasteiger partial charge in [0.2, 0.25) is 0 Å². The fraction of sp³-hybridized carbons (Fsp3) is 0.292. The molecule has 0 saturated heterocycles. The van der Waals surface area contributed by atoms with Crippen LogP contribution in [0.3, 0.4) is 0 Å². The maximum atomic E-state index is 13.3. The van der Waals surface area contributed by atoms with Crippen LogP contribution in [0.5, 0.6) is 11.5 Å². The number of hydrogen-bond acceptors (Lipinski definition) is 5. The summed E-state index contributed by atoms with van der Waals surface area (Å²) in [5.41, 5.74) is 7.48. The summed E-state index contributed by atoms with van der Waals surface area (Å²) in [7, 11) is 0. The van der Waals surface area contributed by atoms with E-state index in [1.165, 1.54) is 12.1 Å². The Kier molecular flexibility index (Phi) is 6.87. The van der Waals surface area contributed by atoms with Gasteiger partial charge in [-0.15, -0.1) is 0 Å². The van der Waals surface area contributed by atoms with Crippen LogP contribution >= 0.6 is 0 Å². The normalized spacial score (nSPS) is 12.5. The molecule has 0 atom stereocenters. The molecule has 0 radical (unpaired) electrons. The largest absolute Gasteiger partial charge is 0.490 e. The van der Waals surface area contributed by atoms with Gasteiger partial charge in [0.15, 0.2) is 23.8 Å². The Hall–Kier alpha value is -3.88. The molecule has 4 rings (SSSR count). The summed E-state index contributed by atoms with van der Waals surface area (Å²) >= 11 is 0. The van der Waals surface area contributed by atoms with E-state index in [9.17, 15) is 14.0 Å². The van der Waals surface area contributed by atoms with E-state index >= 15 is 0 Å². The van der Waals surface area contributed by atoms with E-state index in [0.717, 1.165) is 30.5 Å². The Morgan fingerprint density at radius 1 is 1.00 bits per heavy atom. The molecule has 1 aliphatic rings. The van der Waals surface area contributed by atoms with Gasteiger partial charge in [0, 0.05) is 11.3 Å². The van der Waals surface area contributed by atoms with Gasteiger partial charge in [-0.3, -0.25) is 20.4 Å². The minimum atomic E-state index is -0.526. The molecule has 0 fully saturated rings. The first-order valence-corrected chi connectivity index (χ1v) is 10.9. The van der Waals surface area contributed by atoms with Crippen molar-refractivity contribution in [1.29, 1.82) is 0 Å². The second-order valence-electron chi connectivity index (χ2n) is 7.54. The van der Waals surface area contributed by atoms with Gasteiger partial charge in [0.1, 0.15) is 5.82 Å². The smallest absolute Gasteiger partial charge is 0.290 e. The van der Waals surface area contributed by atoms with Gasteiger partial charge in [-0.05, 0) is 69.0 Å². The maximum Gasteiger partial charge on any atom is 0.290 e. The van der Waals surface area contributed by atoms with Crippen molar-refractivity contribution in [3.8, 4) is 17.2 Å². The summed E-state index contributed by atoms with van der Waals surface area (Å²) < 4.78 is 26.0. The molecule has 2 N–H and O–H groups in total. The third-order valence-electron chi connectivity index (χ3n) is 5.29. The number of aromatic nitrogens is 2. The topological polar surface area (TPSA) is 94.5 Å². The Labute approximate surface area is 190 Å². The minimum absolute atomic E-state index is 0.247. The first-order valence-electron chi connectivity index (χ1n) is 10.9. The van der Waals surface area contributed by atoms with Crippen LogP contribution in [-0.2, 0) is 17.6 Å². The molecule has 172 valence electrons. The van der Waals surface area contributed by atoms with Gasteiger partial charge in [0.25, 0.3) is 11.8 Å². The molecule has 9 heteroatoms. The lowest BCUT2D eigenvalue weighted by molar-refractivity contribution is -0.123. The molecule has 0 saturated carbocycles. The predicted molar refractivity (Wildman–Crippen MR) is 119 cm³/mol. The van der Waals surface area contributed by atoms with Gasteiger partial charge >= 0.3 is 0 Å². The molecule has 0 unspecified atom stereocenters. The van der Waals surface area contributed by atoms with Crippen LogP contribution in [0, 0.1) is 5.82 Å². The van der Waals surface area contributed by atoms with Crippen molar-refractivity contribution in [3.63, 3.8) is 0 Å². The van der Waals surface area contributed by atoms with E-state index < -0.39 is 11.8 Å². The van der Waals surface area contributed by atoms with Gasteiger partial charge in [-0.25, -0.2) is 9.07 Å². The number of nitrogens with zero attached hydrogens (tertiary/aromatic N) is 2. The molecule has 0 aliphatic heterocycles. The van der Waals surface area contributed by atoms with Crippen LogP contribution in [0.1, 0.15) is 41.5 Å². The van der Waals surface area contributed by atoms with Crippen molar-refractivity contribution in [2.75, 3.05) is 13.2 Å². The number of carbonyl (C=O) groups is 2. The first kappa shape index (κ1) is 22.3. The Balaban J connectivity index is 1.41. The molecular formula is C24H25FN4O4. The number of rotatable bonds is 7. The second-order valence-corrected chi connectivity index (χ2v) is 7.54. The Morgan fingerprint density at radius 2 is 1.70 bits per heavy atom. The Bertz CT molecular complexity index is 1140. The monoisotopic (exact) mass is 452 g/mol. The summed E-state index contributed by atoms with van der Waals surface area (Å²) in [6.45, 7) is 2.03. The SMILES string of the molecule is CCOc1ccccc1OCC(=O)NNC(=O)c1nn(-c2ccc(F)cc2)c2c1CCCC2. The van der Waals surface area contributed by atoms with Crippen LogP contribution < -0.4 is 20.3 Å². The molecule has 1 aliphatic carbocycles. The molecular weight excluding hydrogens is 427 g/mol. The number of amides is 2. The van der Waals surface area contributed by atoms with Crippen molar-refractivity contribution < 1.29 is 23.5 Å². The average Bonchev–Trinajstić information content (AvgIpc) is 3.22. The number of hydrazine groups is 1. The van der Waals surface area contributed by atoms with E-state index in [-0.39, 0.29) is 18.1 Å². The molecule has 1 aromatic heterocycles. The highest BCUT2D eigenvalue weighted by atomic mass is 19.1. The van der Waals surface area contributed by atoms with Crippen LogP contribution in [0.4, 0.5) is 4.39 Å². The van der Waals surface area contributed by atoms with E-state index in [1.54, 1.807) is 35.0 Å². The summed E-state index contributed by atoms with van der Waals surface area (Å²) in [4.78, 5) is 25.0. The zero-order valence-electron chi connectivity index (χ0n) is 18.3. The first-order chi connectivity index (χ1) is 16.1. The lowest BCUT2D eigenvalue weighted by Crippen LogP contribution is -2.44. The fourth-order valence-corrected chi connectivity index (χ4v) is 3.79. The zero-order chi connectivity index (χ0) is 23.2. The van der Waals surface area contributed by atoms with Crippen molar-refractivity contribution >= 4 is 11.8 Å². The third-order valence-corrected chi connectivity index (χ3v) is 5.29. The number of nitrogens with one attached hydrogen (secondary N) is 2. The third kappa shape index (κ3) is 5.14. The highest BCUT2D eigenvalue weighted by Gasteiger charge is 2.26. The highest BCUT2D eigenvalue weighted by molar-refractivity contribution is 5.95. The minimum Gasteiger partial charge on any atom is -0.490 e. The summed E-state index contributed by atoms with van der Waals surface area (Å²) in [5, 5.41) is 4.48. The van der Waals surface area contributed by atoms with Crippen LogP contribution in [-0.4, -0.2) is 34.8 Å². The fourth-order valence-electron chi connectivity index (χ4n) is 3.79. The van der Waals surface area contributed by atoms with E-state index in [1.807, 2.05) is 13.0 Å². The zero-order valence-corrected chi connectivity index (χ0v) is 18.3. The van der Waals surface area contributed by atoms with Crippen molar-refractivity contribution in [3.05, 3.63) is 71.3 Å². The van der Waals surface area contributed by atoms with Crippen molar-refractivity contribution in [2.45, 2.75) is 32.6 Å². The van der Waals surface area contributed by atoms with Crippen LogP contribution in [0.15, 0.2) is 48.5 Å². The number of hydrogen-bond donors (Lipinski definition) is 2. The highest BCUT2D eigenvalue weighted by Crippen LogP contribution is 2.27. The van der Waals surface area contributed by atoms with Crippen LogP contribution in [0.25, 0.3) is 5.69 Å². The molecule has 3 aromatic rings. The second kappa shape index (κ2) is 10.2. The predicted octanol–water partition coefficient (Wildman–Crippen LogP) is 3.13. The molecule has 1 heterocycles. The number of ether oxygens (including phenoxy) is 2. The quantitative estimate of drug-likeness (QED) is 0.537. The van der Waals surface area contributed by atoms with E-state index in [4.69, 9.17) is 9.47 Å². The van der Waals surface area contributed by atoms with E-state index in [2.05, 4.69) is 16.0 Å². The molecule has 2 amide bonds. The maximum absolute atomic E-state index is 13.3. The van der Waals surface area contributed by atoms with Crippen LogP contribution in [0.2, 0.25) is 0 Å². The number of benzene rings is 2. The van der Waals surface area contributed by atoms with Gasteiger partial charge in [-0.1, -0.05) is 12.1 Å². The van der Waals surface area contributed by atoms with Crippen molar-refractivity contribution in [1.82, 2.24) is 20.6 Å². The van der Waals surface area contributed by atoms with Gasteiger partial charge in [0.05, 0.1) is 12.3 Å². The van der Waals surface area contributed by atoms with Crippen molar-refractivity contribution in [2.24, 2.45) is 0 Å². The molecule has 0 bridgehead atoms. The lowest BCUT2D eigenvalue weighted by Gasteiger charge is -2.14. The lowest BCUT2D eigenvalue weighted by atomic mass is 9.95. The number of para-hydroxylation sites is 2. The number of halogens is 1. The van der Waals surface area contributed by atoms with Gasteiger partial charge in [-0.2, -0.15) is 5.10 Å². The standard InChI is InChI=1S/C24H25FN4O4/c1-2-32-20-9-5-6-10-21(20)33-15-22(30)26-27-24(31)23-18-7-3-4-8-19(18)29(28-23)17-13-11-16(25)12-14-17/h5-6,9-14H,2-4,7-8,15H2,1H3,(H,26,30)(H,27,31). The molecule has 8 nitrogen and oxygen atoms in total. The van der Waals surface area contributed by atoms with Gasteiger partial charge < -0.3 is 9.47 Å². The Morgan fingerprint density at radius 3 is 2.42 bits per heavy atom. The summed E-state index contributed by atoms with van der Waals surface area (Å²) in [5.74, 6) is -0.409. The summed E-state index contributed by atoms with van der Waals surface area (Å²) in [6, 6.07) is 13.0. The van der Waals surface area contributed by atoms with E-state index in [0.29, 0.717) is 30.2 Å². The number of carbonyl (C=O) groups excluding carboxylic acids is 2. The number of fused-ring (bicyclic) bond motifs is 1. The molecule has 2 aromatic carbocycles.